The number of halogens is 5. The first-order valence-electron chi connectivity index (χ1n) is 4.53. The van der Waals surface area contributed by atoms with Gasteiger partial charge in [0.15, 0.2) is 0 Å². The summed E-state index contributed by atoms with van der Waals surface area (Å²) in [6, 6.07) is 7.65. The summed E-state index contributed by atoms with van der Waals surface area (Å²) in [4.78, 5) is -0.00986. The van der Waals surface area contributed by atoms with Crippen molar-refractivity contribution >= 4 is 78.0 Å². The predicted molar refractivity (Wildman–Crippen MR) is 84.3 cm³/mol. The molecule has 0 aliphatic heterocycles. The molecule has 0 saturated heterocycles. The fourth-order valence-corrected chi connectivity index (χ4v) is 4.27. The maximum atomic E-state index is 6.12. The van der Waals surface area contributed by atoms with Gasteiger partial charge in [0, 0.05) is 10.0 Å². The van der Waals surface area contributed by atoms with Crippen molar-refractivity contribution in [3.05, 3.63) is 53.6 Å². The van der Waals surface area contributed by atoms with Crippen LogP contribution in [0.25, 0.3) is 0 Å². The summed E-state index contributed by atoms with van der Waals surface area (Å²) in [5.74, 6) is 0. The van der Waals surface area contributed by atoms with Crippen LogP contribution in [0.3, 0.4) is 0 Å². The Labute approximate surface area is 135 Å². The first kappa shape index (κ1) is 14.2. The third kappa shape index (κ3) is 3.20. The van der Waals surface area contributed by atoms with Crippen molar-refractivity contribution in [1.29, 1.82) is 0 Å². The highest BCUT2D eigenvalue weighted by atomic mass is 79.9. The minimum absolute atomic E-state index is 0.00986. The third-order valence-electron chi connectivity index (χ3n) is 2.19. The van der Waals surface area contributed by atoms with Gasteiger partial charge < -0.3 is 0 Å². The summed E-state index contributed by atoms with van der Waals surface area (Å²) in [5.41, 5.74) is 2.00. The molecule has 0 aliphatic carbocycles. The third-order valence-corrected chi connectivity index (χ3v) is 5.96. The van der Waals surface area contributed by atoms with Crippen LogP contribution in [0.2, 0.25) is 13.7 Å². The lowest BCUT2D eigenvalue weighted by Gasteiger charge is -2.10. The summed E-state index contributed by atoms with van der Waals surface area (Å²) in [7, 11) is 0. The summed E-state index contributed by atoms with van der Waals surface area (Å²) in [6.07, 6.45) is 0. The molecular formula is C11H5Br2Cl3S. The predicted octanol–water partition coefficient (Wildman–Crippen LogP) is 6.96. The van der Waals surface area contributed by atoms with E-state index in [1.807, 2.05) is 24.3 Å². The molecule has 0 nitrogen and oxygen atoms in total. The first-order valence-corrected chi connectivity index (χ1v) is 8.18. The monoisotopic (exact) mass is 432 g/mol. The minimum atomic E-state index is -0.00986. The molecule has 1 heterocycles. The molecule has 1 aromatic heterocycles. The lowest BCUT2D eigenvalue weighted by Crippen LogP contribution is -1.91. The Morgan fingerprint density at radius 2 is 1.82 bits per heavy atom. The molecular weight excluding hydrogens is 430 g/mol. The summed E-state index contributed by atoms with van der Waals surface area (Å²) < 4.78 is 2.24. The molecule has 2 aromatic rings. The lowest BCUT2D eigenvalue weighted by atomic mass is 10.1. The van der Waals surface area contributed by atoms with Gasteiger partial charge in [-0.15, -0.1) is 11.3 Å². The van der Waals surface area contributed by atoms with Gasteiger partial charge in [-0.3, -0.25) is 0 Å². The Balaban J connectivity index is 2.40. The quantitative estimate of drug-likeness (QED) is 0.448. The van der Waals surface area contributed by atoms with Crippen molar-refractivity contribution in [2.24, 2.45) is 0 Å². The zero-order valence-corrected chi connectivity index (χ0v) is 14.4. The number of benzene rings is 1. The van der Waals surface area contributed by atoms with Crippen LogP contribution in [0, 0.1) is 0 Å². The molecule has 0 aliphatic rings. The molecule has 6 heteroatoms. The Morgan fingerprint density at radius 3 is 2.35 bits per heavy atom. The van der Waals surface area contributed by atoms with E-state index in [4.69, 9.17) is 34.8 Å². The Hall–Kier alpha value is 0.750. The van der Waals surface area contributed by atoms with Crippen LogP contribution in [-0.2, 0) is 0 Å². The Bertz CT molecular complexity index is 554. The van der Waals surface area contributed by atoms with Crippen molar-refractivity contribution in [3.63, 3.8) is 0 Å². The van der Waals surface area contributed by atoms with Crippen molar-refractivity contribution in [2.45, 2.75) is 4.83 Å². The minimum Gasteiger partial charge on any atom is -0.111 e. The zero-order valence-electron chi connectivity index (χ0n) is 8.18. The molecule has 0 N–H and O–H groups in total. The van der Waals surface area contributed by atoms with Crippen LogP contribution in [0.15, 0.2) is 28.7 Å². The highest BCUT2D eigenvalue weighted by Crippen LogP contribution is 2.42. The number of alkyl halides is 1. The van der Waals surface area contributed by atoms with Gasteiger partial charge in [0.25, 0.3) is 0 Å². The summed E-state index contributed by atoms with van der Waals surface area (Å²) >= 11 is 26.4. The fraction of sp³-hybridized carbons (Fsp3) is 0.0909. The van der Waals surface area contributed by atoms with Gasteiger partial charge in [0.1, 0.15) is 0 Å². The Kier molecular flexibility index (Phi) is 4.84. The van der Waals surface area contributed by atoms with E-state index in [-0.39, 0.29) is 4.83 Å². The van der Waals surface area contributed by atoms with Crippen LogP contribution in [-0.4, -0.2) is 0 Å². The maximum absolute atomic E-state index is 6.12. The van der Waals surface area contributed by atoms with Gasteiger partial charge in [-0.2, -0.15) is 0 Å². The second-order valence-electron chi connectivity index (χ2n) is 3.32. The van der Waals surface area contributed by atoms with Crippen LogP contribution in [0.5, 0.6) is 0 Å². The Morgan fingerprint density at radius 1 is 1.12 bits per heavy atom. The average molecular weight is 435 g/mol. The number of rotatable bonds is 2. The normalized spacial score (nSPS) is 12.8. The van der Waals surface area contributed by atoms with Gasteiger partial charge in [0.05, 0.1) is 18.5 Å². The second kappa shape index (κ2) is 5.81. The molecule has 1 aromatic carbocycles. The van der Waals surface area contributed by atoms with Gasteiger partial charge in [0.2, 0.25) is 0 Å². The molecule has 1 atom stereocenters. The van der Waals surface area contributed by atoms with E-state index in [1.54, 1.807) is 0 Å². The first-order chi connectivity index (χ1) is 7.99. The van der Waals surface area contributed by atoms with E-state index < -0.39 is 0 Å². The molecule has 0 spiro atoms. The standard InChI is InChI=1S/C11H5Br2Cl3S/c12-7-2-1-5(3-8(7)14)10(13)6-4-9(15)17-11(6)16/h1-4,10H. The highest BCUT2D eigenvalue weighted by Gasteiger charge is 2.17. The van der Waals surface area contributed by atoms with Crippen molar-refractivity contribution < 1.29 is 0 Å². The molecule has 0 saturated carbocycles. The average Bonchev–Trinajstić information content (AvgIpc) is 2.61. The van der Waals surface area contributed by atoms with Crippen molar-refractivity contribution in [3.8, 4) is 0 Å². The summed E-state index contributed by atoms with van der Waals surface area (Å²) in [6.45, 7) is 0. The van der Waals surface area contributed by atoms with Crippen LogP contribution < -0.4 is 0 Å². The van der Waals surface area contributed by atoms with Crippen LogP contribution in [0.1, 0.15) is 16.0 Å². The lowest BCUT2D eigenvalue weighted by molar-refractivity contribution is 1.19. The highest BCUT2D eigenvalue weighted by molar-refractivity contribution is 9.10. The second-order valence-corrected chi connectivity index (χ2v) is 7.78. The van der Waals surface area contributed by atoms with Crippen LogP contribution >= 0.6 is 78.0 Å². The molecule has 0 radical (unpaired) electrons. The van der Waals surface area contributed by atoms with Crippen LogP contribution in [0.4, 0.5) is 0 Å². The van der Waals surface area contributed by atoms with E-state index in [1.165, 1.54) is 11.3 Å². The number of hydrogen-bond donors (Lipinski definition) is 0. The SMILES string of the molecule is Clc1cc(C(Br)c2ccc(Br)c(Cl)c2)c(Cl)s1. The van der Waals surface area contributed by atoms with E-state index in [0.717, 1.165) is 15.6 Å². The number of thiophene rings is 1. The molecule has 2 rings (SSSR count). The largest absolute Gasteiger partial charge is 0.111 e. The summed E-state index contributed by atoms with van der Waals surface area (Å²) in [5, 5.41) is 0.671. The molecule has 0 bridgehead atoms. The smallest absolute Gasteiger partial charge is 0.0990 e. The van der Waals surface area contributed by atoms with Crippen molar-refractivity contribution in [1.82, 2.24) is 0 Å². The van der Waals surface area contributed by atoms with E-state index in [9.17, 15) is 0 Å². The molecule has 90 valence electrons. The van der Waals surface area contributed by atoms with E-state index in [0.29, 0.717) is 13.7 Å². The molecule has 17 heavy (non-hydrogen) atoms. The molecule has 0 amide bonds. The molecule has 0 fully saturated rings. The van der Waals surface area contributed by atoms with Gasteiger partial charge in [-0.25, -0.2) is 0 Å². The van der Waals surface area contributed by atoms with Gasteiger partial charge in [-0.1, -0.05) is 56.8 Å². The van der Waals surface area contributed by atoms with E-state index in [2.05, 4.69) is 31.9 Å². The fourth-order valence-electron chi connectivity index (χ4n) is 1.38. The number of hydrogen-bond acceptors (Lipinski definition) is 1. The van der Waals surface area contributed by atoms with E-state index >= 15 is 0 Å². The van der Waals surface area contributed by atoms with Crippen molar-refractivity contribution in [2.75, 3.05) is 0 Å². The zero-order chi connectivity index (χ0) is 12.6. The molecule has 1 unspecified atom stereocenters. The topological polar surface area (TPSA) is 0 Å². The van der Waals surface area contributed by atoms with Gasteiger partial charge in [-0.05, 0) is 39.7 Å². The van der Waals surface area contributed by atoms with Gasteiger partial charge >= 0.3 is 0 Å². The maximum Gasteiger partial charge on any atom is 0.0990 e.